The number of carbonyl (C=O) groups is 1. The van der Waals surface area contributed by atoms with Gasteiger partial charge in [0.15, 0.2) is 0 Å². The van der Waals surface area contributed by atoms with Crippen molar-refractivity contribution in [1.29, 1.82) is 0 Å². The molecule has 1 amide bonds. The molecule has 0 saturated carbocycles. The van der Waals surface area contributed by atoms with E-state index in [1.165, 1.54) is 4.31 Å². The second-order valence-electron chi connectivity index (χ2n) is 7.43. The van der Waals surface area contributed by atoms with Crippen molar-refractivity contribution in [2.45, 2.75) is 24.7 Å². The topological polar surface area (TPSA) is 76.2 Å². The Morgan fingerprint density at radius 2 is 1.80 bits per heavy atom. The predicted molar refractivity (Wildman–Crippen MR) is 116 cm³/mol. The van der Waals surface area contributed by atoms with Crippen molar-refractivity contribution in [3.8, 4) is 11.5 Å². The molecule has 1 saturated heterocycles. The van der Waals surface area contributed by atoms with Crippen LogP contribution in [-0.4, -0.2) is 53.0 Å². The maximum absolute atomic E-state index is 13.2. The monoisotopic (exact) mass is 432 g/mol. The van der Waals surface area contributed by atoms with Crippen LogP contribution in [0, 0.1) is 12.8 Å². The van der Waals surface area contributed by atoms with Crippen molar-refractivity contribution in [3.63, 3.8) is 0 Å². The van der Waals surface area contributed by atoms with Gasteiger partial charge in [0.05, 0.1) is 25.0 Å². The molecule has 0 aliphatic carbocycles. The molecule has 7 nitrogen and oxygen atoms in total. The average molecular weight is 433 g/mol. The normalized spacial score (nSPS) is 17.4. The second kappa shape index (κ2) is 9.06. The molecule has 8 heteroatoms. The Hall–Kier alpha value is -2.58. The molecule has 2 aromatic carbocycles. The van der Waals surface area contributed by atoms with Crippen LogP contribution in [-0.2, 0) is 14.8 Å². The highest BCUT2D eigenvalue weighted by molar-refractivity contribution is 7.89. The van der Waals surface area contributed by atoms with Crippen LogP contribution in [0.1, 0.15) is 18.4 Å². The van der Waals surface area contributed by atoms with E-state index in [0.29, 0.717) is 30.9 Å². The Bertz CT molecular complexity index is 1000. The van der Waals surface area contributed by atoms with Gasteiger partial charge in [-0.1, -0.05) is 0 Å². The fourth-order valence-corrected chi connectivity index (χ4v) is 5.34. The molecule has 3 rings (SSSR count). The number of nitrogens with zero attached hydrogens (tertiary/aromatic N) is 2. The SMILES string of the molecule is COc1ccc(N(C)C(=O)C2CCCN(S(=O)(=O)c3ccc(OC)c(C)c3)C2)cc1. The standard InChI is InChI=1S/C22H28N2O5S/c1-16-14-20(11-12-21(16)29-4)30(26,27)24-13-5-6-17(15-24)22(25)23(2)18-7-9-19(28-3)10-8-18/h7-12,14,17H,5-6,13,15H2,1-4H3. The number of amides is 1. The van der Waals surface area contributed by atoms with Crippen molar-refractivity contribution < 1.29 is 22.7 Å². The molecule has 0 bridgehead atoms. The maximum Gasteiger partial charge on any atom is 0.243 e. The van der Waals surface area contributed by atoms with Crippen LogP contribution in [0.15, 0.2) is 47.4 Å². The van der Waals surface area contributed by atoms with Crippen molar-refractivity contribution in [2.75, 3.05) is 39.3 Å². The van der Waals surface area contributed by atoms with Gasteiger partial charge in [0, 0.05) is 25.8 Å². The number of hydrogen-bond donors (Lipinski definition) is 0. The van der Waals surface area contributed by atoms with Gasteiger partial charge in [-0.3, -0.25) is 4.79 Å². The summed E-state index contributed by atoms with van der Waals surface area (Å²) < 4.78 is 38.1. The summed E-state index contributed by atoms with van der Waals surface area (Å²) in [4.78, 5) is 14.9. The summed E-state index contributed by atoms with van der Waals surface area (Å²) in [5.41, 5.74) is 1.49. The summed E-state index contributed by atoms with van der Waals surface area (Å²) in [6.07, 6.45) is 1.30. The number of carbonyl (C=O) groups excluding carboxylic acids is 1. The van der Waals surface area contributed by atoms with Crippen molar-refractivity contribution in [1.82, 2.24) is 4.31 Å². The van der Waals surface area contributed by atoms with E-state index in [-0.39, 0.29) is 23.3 Å². The fraction of sp³-hybridized carbons (Fsp3) is 0.409. The second-order valence-corrected chi connectivity index (χ2v) is 9.37. The number of hydrogen-bond acceptors (Lipinski definition) is 5. The van der Waals surface area contributed by atoms with Gasteiger partial charge in [0.1, 0.15) is 11.5 Å². The highest BCUT2D eigenvalue weighted by atomic mass is 32.2. The van der Waals surface area contributed by atoms with E-state index in [4.69, 9.17) is 9.47 Å². The molecule has 30 heavy (non-hydrogen) atoms. The number of piperidine rings is 1. The summed E-state index contributed by atoms with van der Waals surface area (Å²) in [7, 11) is 1.17. The van der Waals surface area contributed by atoms with Crippen LogP contribution in [0.5, 0.6) is 11.5 Å². The molecule has 1 fully saturated rings. The zero-order chi connectivity index (χ0) is 21.9. The Morgan fingerprint density at radius 1 is 1.10 bits per heavy atom. The Morgan fingerprint density at radius 3 is 2.40 bits per heavy atom. The molecule has 1 atom stereocenters. The van der Waals surface area contributed by atoms with Gasteiger partial charge in [-0.2, -0.15) is 4.31 Å². The predicted octanol–water partition coefficient (Wildman–Crippen LogP) is 3.08. The minimum absolute atomic E-state index is 0.0917. The summed E-state index contributed by atoms with van der Waals surface area (Å²) in [5.74, 6) is 0.872. The third-order valence-corrected chi connectivity index (χ3v) is 7.39. The minimum Gasteiger partial charge on any atom is -0.497 e. The molecule has 0 aromatic heterocycles. The average Bonchev–Trinajstić information content (AvgIpc) is 2.78. The molecule has 1 unspecified atom stereocenters. The quantitative estimate of drug-likeness (QED) is 0.701. The van der Waals surface area contributed by atoms with E-state index < -0.39 is 10.0 Å². The third-order valence-electron chi connectivity index (χ3n) is 5.53. The van der Waals surface area contributed by atoms with E-state index in [9.17, 15) is 13.2 Å². The molecule has 0 spiro atoms. The highest BCUT2D eigenvalue weighted by Gasteiger charge is 2.34. The molecule has 2 aromatic rings. The summed E-state index contributed by atoms with van der Waals surface area (Å²) >= 11 is 0. The molecule has 1 aliphatic heterocycles. The first-order chi connectivity index (χ1) is 14.3. The first kappa shape index (κ1) is 22.1. The lowest BCUT2D eigenvalue weighted by Gasteiger charge is -2.33. The van der Waals surface area contributed by atoms with Gasteiger partial charge in [0.2, 0.25) is 15.9 Å². The summed E-state index contributed by atoms with van der Waals surface area (Å²) in [6, 6.07) is 12.0. The first-order valence-corrected chi connectivity index (χ1v) is 11.3. The number of sulfonamides is 1. The minimum atomic E-state index is -3.68. The van der Waals surface area contributed by atoms with Crippen LogP contribution in [0.3, 0.4) is 0 Å². The number of ether oxygens (including phenoxy) is 2. The van der Waals surface area contributed by atoms with E-state index in [1.807, 2.05) is 19.1 Å². The zero-order valence-corrected chi connectivity index (χ0v) is 18.6. The van der Waals surface area contributed by atoms with E-state index in [0.717, 1.165) is 11.3 Å². The highest BCUT2D eigenvalue weighted by Crippen LogP contribution is 2.29. The van der Waals surface area contributed by atoms with Gasteiger partial charge in [-0.05, 0) is 67.8 Å². The van der Waals surface area contributed by atoms with Crippen LogP contribution in [0.2, 0.25) is 0 Å². The van der Waals surface area contributed by atoms with Gasteiger partial charge in [-0.25, -0.2) is 8.42 Å². The smallest absolute Gasteiger partial charge is 0.243 e. The van der Waals surface area contributed by atoms with Gasteiger partial charge < -0.3 is 14.4 Å². The molecule has 1 heterocycles. The van der Waals surface area contributed by atoms with Gasteiger partial charge in [-0.15, -0.1) is 0 Å². The number of benzene rings is 2. The number of rotatable bonds is 6. The van der Waals surface area contributed by atoms with Crippen molar-refractivity contribution in [2.24, 2.45) is 5.92 Å². The molecule has 162 valence electrons. The largest absolute Gasteiger partial charge is 0.497 e. The summed E-state index contributed by atoms with van der Waals surface area (Å²) in [6.45, 7) is 2.39. The molecule has 1 aliphatic rings. The van der Waals surface area contributed by atoms with Crippen molar-refractivity contribution >= 4 is 21.6 Å². The van der Waals surface area contributed by atoms with Crippen LogP contribution >= 0.6 is 0 Å². The number of aryl methyl sites for hydroxylation is 1. The van der Waals surface area contributed by atoms with E-state index in [1.54, 1.807) is 56.5 Å². The lowest BCUT2D eigenvalue weighted by molar-refractivity contribution is -0.123. The summed E-state index contributed by atoms with van der Waals surface area (Å²) in [5, 5.41) is 0. The van der Waals surface area contributed by atoms with E-state index in [2.05, 4.69) is 0 Å². The van der Waals surface area contributed by atoms with Crippen LogP contribution < -0.4 is 14.4 Å². The number of methoxy groups -OCH3 is 2. The number of anilines is 1. The van der Waals surface area contributed by atoms with Crippen LogP contribution in [0.25, 0.3) is 0 Å². The fourth-order valence-electron chi connectivity index (χ4n) is 3.73. The molecule has 0 N–H and O–H groups in total. The van der Waals surface area contributed by atoms with Crippen LogP contribution in [0.4, 0.5) is 5.69 Å². The molecule has 0 radical (unpaired) electrons. The Kier molecular flexibility index (Phi) is 6.67. The van der Waals surface area contributed by atoms with Gasteiger partial charge in [0.25, 0.3) is 0 Å². The van der Waals surface area contributed by atoms with E-state index >= 15 is 0 Å². The first-order valence-electron chi connectivity index (χ1n) is 9.84. The Labute approximate surface area is 178 Å². The van der Waals surface area contributed by atoms with Gasteiger partial charge >= 0.3 is 0 Å². The molecular formula is C22H28N2O5S. The third kappa shape index (κ3) is 4.44. The zero-order valence-electron chi connectivity index (χ0n) is 17.8. The Balaban J connectivity index is 1.76. The lowest BCUT2D eigenvalue weighted by atomic mass is 9.98. The van der Waals surface area contributed by atoms with Crippen molar-refractivity contribution in [3.05, 3.63) is 48.0 Å². The lowest BCUT2D eigenvalue weighted by Crippen LogP contribution is -2.45. The maximum atomic E-state index is 13.2. The molecular weight excluding hydrogens is 404 g/mol.